The van der Waals surface area contributed by atoms with Crippen molar-refractivity contribution in [3.05, 3.63) is 50.2 Å². The number of halogens is 4. The Bertz CT molecular complexity index is 628. The molecule has 0 saturated carbocycles. The maximum Gasteiger partial charge on any atom is 0.152 e. The Labute approximate surface area is 123 Å². The number of hydrogen-bond acceptors (Lipinski definition) is 2. The molecule has 2 nitrogen and oxygen atoms in total. The van der Waals surface area contributed by atoms with Gasteiger partial charge in [0.05, 0.1) is 20.1 Å². The average molecular weight is 321 g/mol. The normalized spacial score (nSPS) is 10.4. The first-order valence-corrected chi connectivity index (χ1v) is 6.30. The molecule has 92 valence electrons. The lowest BCUT2D eigenvalue weighted by atomic mass is 10.0. The van der Waals surface area contributed by atoms with E-state index < -0.39 is 0 Å². The zero-order chi connectivity index (χ0) is 13.3. The van der Waals surface area contributed by atoms with Crippen LogP contribution in [0.3, 0.4) is 0 Å². The maximum absolute atomic E-state index is 11.1. The quantitative estimate of drug-likeness (QED) is 0.564. The first kappa shape index (κ1) is 13.6. The van der Waals surface area contributed by atoms with E-state index in [1.165, 1.54) is 12.4 Å². The maximum atomic E-state index is 11.1. The minimum atomic E-state index is 0.229. The van der Waals surface area contributed by atoms with Crippen LogP contribution in [0.4, 0.5) is 0 Å². The number of pyridine rings is 1. The third-order valence-electron chi connectivity index (χ3n) is 2.38. The molecule has 0 aliphatic carbocycles. The molecule has 2 aromatic rings. The molecule has 0 fully saturated rings. The van der Waals surface area contributed by atoms with Crippen LogP contribution in [0, 0.1) is 0 Å². The first-order valence-electron chi connectivity index (χ1n) is 4.78. The summed E-state index contributed by atoms with van der Waals surface area (Å²) in [6.45, 7) is 0. The Morgan fingerprint density at radius 1 is 0.889 bits per heavy atom. The average Bonchev–Trinajstić information content (AvgIpc) is 2.36. The van der Waals surface area contributed by atoms with Crippen LogP contribution in [0.15, 0.2) is 24.5 Å². The van der Waals surface area contributed by atoms with Gasteiger partial charge in [-0.3, -0.25) is 9.78 Å². The van der Waals surface area contributed by atoms with E-state index in [1.54, 1.807) is 12.1 Å². The fourth-order valence-electron chi connectivity index (χ4n) is 1.51. The molecule has 0 amide bonds. The van der Waals surface area contributed by atoms with Crippen molar-refractivity contribution >= 4 is 52.7 Å². The molecule has 0 bridgehead atoms. The SMILES string of the molecule is O=Cc1c(Cl)cncc1-c1ccc(Cl)c(Cl)c1Cl. The summed E-state index contributed by atoms with van der Waals surface area (Å²) in [5, 5.41) is 1.08. The predicted octanol–water partition coefficient (Wildman–Crippen LogP) is 5.17. The number of hydrogen-bond donors (Lipinski definition) is 0. The second-order valence-electron chi connectivity index (χ2n) is 3.42. The zero-order valence-electron chi connectivity index (χ0n) is 8.75. The van der Waals surface area contributed by atoms with Crippen molar-refractivity contribution in [3.8, 4) is 11.1 Å². The van der Waals surface area contributed by atoms with Gasteiger partial charge >= 0.3 is 0 Å². The molecule has 2 rings (SSSR count). The van der Waals surface area contributed by atoms with E-state index in [9.17, 15) is 4.79 Å². The molecule has 1 aromatic carbocycles. The van der Waals surface area contributed by atoms with Crippen molar-refractivity contribution in [2.75, 3.05) is 0 Å². The summed E-state index contributed by atoms with van der Waals surface area (Å²) in [5.74, 6) is 0. The minimum absolute atomic E-state index is 0.229. The lowest BCUT2D eigenvalue weighted by molar-refractivity contribution is 0.112. The molecule has 0 atom stereocenters. The molecule has 0 aliphatic heterocycles. The van der Waals surface area contributed by atoms with Gasteiger partial charge < -0.3 is 0 Å². The second-order valence-corrected chi connectivity index (χ2v) is 4.99. The van der Waals surface area contributed by atoms with Crippen LogP contribution in [-0.2, 0) is 0 Å². The van der Waals surface area contributed by atoms with E-state index in [0.717, 1.165) is 0 Å². The molecule has 18 heavy (non-hydrogen) atoms. The molecule has 0 aliphatic rings. The highest BCUT2D eigenvalue weighted by atomic mass is 35.5. The van der Waals surface area contributed by atoms with Gasteiger partial charge in [-0.2, -0.15) is 0 Å². The summed E-state index contributed by atoms with van der Waals surface area (Å²) in [7, 11) is 0. The lowest BCUT2D eigenvalue weighted by Gasteiger charge is -2.10. The second kappa shape index (κ2) is 5.45. The van der Waals surface area contributed by atoms with Gasteiger partial charge in [0.25, 0.3) is 0 Å². The molecule has 0 radical (unpaired) electrons. The van der Waals surface area contributed by atoms with Crippen LogP contribution >= 0.6 is 46.4 Å². The third kappa shape index (κ3) is 2.34. The van der Waals surface area contributed by atoms with Gasteiger partial charge in [0, 0.05) is 29.1 Å². The zero-order valence-corrected chi connectivity index (χ0v) is 11.8. The smallest absolute Gasteiger partial charge is 0.152 e. The number of benzene rings is 1. The van der Waals surface area contributed by atoms with Gasteiger partial charge in [0.1, 0.15) is 0 Å². The van der Waals surface area contributed by atoms with Gasteiger partial charge in [-0.15, -0.1) is 0 Å². The first-order chi connectivity index (χ1) is 8.56. The largest absolute Gasteiger partial charge is 0.298 e. The van der Waals surface area contributed by atoms with Gasteiger partial charge in [-0.25, -0.2) is 0 Å². The van der Waals surface area contributed by atoms with Crippen molar-refractivity contribution in [2.45, 2.75) is 0 Å². The molecule has 1 aromatic heterocycles. The van der Waals surface area contributed by atoms with Gasteiger partial charge in [-0.1, -0.05) is 52.5 Å². The molecule has 0 saturated heterocycles. The Balaban J connectivity index is 2.74. The van der Waals surface area contributed by atoms with E-state index in [0.29, 0.717) is 28.0 Å². The van der Waals surface area contributed by atoms with Gasteiger partial charge in [0.15, 0.2) is 6.29 Å². The highest BCUT2D eigenvalue weighted by Crippen LogP contribution is 2.39. The third-order valence-corrected chi connectivity index (χ3v) is 3.98. The van der Waals surface area contributed by atoms with Gasteiger partial charge in [0.2, 0.25) is 0 Å². The standard InChI is InChI=1S/C12H5Cl4NO/c13-9-2-1-6(11(15)12(9)16)7-3-17-4-10(14)8(7)5-18/h1-5H. The Morgan fingerprint density at radius 3 is 2.28 bits per heavy atom. The van der Waals surface area contributed by atoms with E-state index in [2.05, 4.69) is 4.98 Å². The number of aromatic nitrogens is 1. The molecule has 0 unspecified atom stereocenters. The number of nitrogens with zero attached hydrogens (tertiary/aromatic N) is 1. The molecule has 6 heteroatoms. The summed E-state index contributed by atoms with van der Waals surface area (Å²) in [6, 6.07) is 3.26. The van der Waals surface area contributed by atoms with Gasteiger partial charge in [-0.05, 0) is 6.07 Å². The molecular formula is C12H5Cl4NO. The highest BCUT2D eigenvalue weighted by Gasteiger charge is 2.15. The molecular weight excluding hydrogens is 316 g/mol. The topological polar surface area (TPSA) is 30.0 Å². The summed E-state index contributed by atoms with van der Waals surface area (Å²) in [6.07, 6.45) is 3.54. The summed E-state index contributed by atoms with van der Waals surface area (Å²) in [4.78, 5) is 15.0. The minimum Gasteiger partial charge on any atom is -0.298 e. The van der Waals surface area contributed by atoms with Crippen molar-refractivity contribution in [1.82, 2.24) is 4.98 Å². The number of carbonyl (C=O) groups is 1. The summed E-state index contributed by atoms with van der Waals surface area (Å²) in [5.41, 5.74) is 1.39. The van der Waals surface area contributed by atoms with Crippen LogP contribution in [0.2, 0.25) is 20.1 Å². The molecule has 1 heterocycles. The van der Waals surface area contributed by atoms with Crippen LogP contribution in [-0.4, -0.2) is 11.3 Å². The number of rotatable bonds is 2. The van der Waals surface area contributed by atoms with E-state index in [4.69, 9.17) is 46.4 Å². The summed E-state index contributed by atoms with van der Waals surface area (Å²) < 4.78 is 0. The number of carbonyl (C=O) groups excluding carboxylic acids is 1. The van der Waals surface area contributed by atoms with E-state index in [-0.39, 0.29) is 15.1 Å². The fraction of sp³-hybridized carbons (Fsp3) is 0. The number of aldehydes is 1. The van der Waals surface area contributed by atoms with Crippen LogP contribution < -0.4 is 0 Å². The lowest BCUT2D eigenvalue weighted by Crippen LogP contribution is -1.92. The van der Waals surface area contributed by atoms with Crippen molar-refractivity contribution in [2.24, 2.45) is 0 Å². The Morgan fingerprint density at radius 2 is 1.61 bits per heavy atom. The van der Waals surface area contributed by atoms with Crippen molar-refractivity contribution < 1.29 is 4.79 Å². The predicted molar refractivity (Wildman–Crippen MR) is 75.1 cm³/mol. The Kier molecular flexibility index (Phi) is 4.13. The fourth-order valence-corrected chi connectivity index (χ4v) is 2.35. The van der Waals surface area contributed by atoms with E-state index >= 15 is 0 Å². The molecule has 0 spiro atoms. The molecule has 0 N–H and O–H groups in total. The van der Waals surface area contributed by atoms with Crippen molar-refractivity contribution in [3.63, 3.8) is 0 Å². The van der Waals surface area contributed by atoms with Crippen LogP contribution in [0.5, 0.6) is 0 Å². The van der Waals surface area contributed by atoms with E-state index in [1.807, 2.05) is 0 Å². The van der Waals surface area contributed by atoms with Crippen LogP contribution in [0.25, 0.3) is 11.1 Å². The Hall–Kier alpha value is -0.800. The van der Waals surface area contributed by atoms with Crippen LogP contribution in [0.1, 0.15) is 10.4 Å². The van der Waals surface area contributed by atoms with Crippen molar-refractivity contribution in [1.29, 1.82) is 0 Å². The highest BCUT2D eigenvalue weighted by molar-refractivity contribution is 6.49. The summed E-state index contributed by atoms with van der Waals surface area (Å²) >= 11 is 23.8. The monoisotopic (exact) mass is 319 g/mol.